The van der Waals surface area contributed by atoms with Crippen LogP contribution in [0.15, 0.2) is 5.38 Å². The summed E-state index contributed by atoms with van der Waals surface area (Å²) in [5, 5.41) is 9.91. The molecule has 0 aromatic carbocycles. The molecule has 0 spiro atoms. The van der Waals surface area contributed by atoms with Gasteiger partial charge in [0.25, 0.3) is 0 Å². The molecule has 0 bridgehead atoms. The highest BCUT2D eigenvalue weighted by Crippen LogP contribution is 2.14. The van der Waals surface area contributed by atoms with Gasteiger partial charge in [0.05, 0.1) is 5.69 Å². The van der Waals surface area contributed by atoms with Crippen molar-refractivity contribution in [2.75, 3.05) is 0 Å². The quantitative estimate of drug-likeness (QED) is 0.676. The van der Waals surface area contributed by atoms with Crippen LogP contribution < -0.4 is 5.73 Å². The number of nitrogens with zero attached hydrogens (tertiary/aromatic N) is 3. The molecule has 0 aliphatic heterocycles. The minimum atomic E-state index is 0.541. The van der Waals surface area contributed by atoms with Crippen molar-refractivity contribution in [2.24, 2.45) is 5.73 Å². The molecule has 2 heterocycles. The smallest absolute Gasteiger partial charge is 0.216 e. The van der Waals surface area contributed by atoms with Crippen molar-refractivity contribution in [1.29, 1.82) is 0 Å². The van der Waals surface area contributed by atoms with Crippen LogP contribution in [0, 0.1) is 6.92 Å². The number of thiazole rings is 1. The molecule has 0 unspecified atom stereocenters. The molecule has 4 nitrogen and oxygen atoms in total. The summed E-state index contributed by atoms with van der Waals surface area (Å²) >= 11 is 1.57. The minimum absolute atomic E-state index is 0.541. The molecular formula is C6H8N4S. The summed E-state index contributed by atoms with van der Waals surface area (Å²) < 4.78 is 1.98. The van der Waals surface area contributed by atoms with Crippen LogP contribution >= 0.6 is 11.3 Å². The van der Waals surface area contributed by atoms with Gasteiger partial charge in [-0.2, -0.15) is 0 Å². The second-order valence-corrected chi connectivity index (χ2v) is 3.13. The summed E-state index contributed by atoms with van der Waals surface area (Å²) in [6, 6.07) is 0. The first-order chi connectivity index (χ1) is 5.33. The van der Waals surface area contributed by atoms with E-state index in [2.05, 4.69) is 10.2 Å². The van der Waals surface area contributed by atoms with Gasteiger partial charge in [0, 0.05) is 11.9 Å². The van der Waals surface area contributed by atoms with Gasteiger partial charge in [-0.3, -0.25) is 4.40 Å². The Kier molecular flexibility index (Phi) is 1.40. The molecule has 5 heteroatoms. The van der Waals surface area contributed by atoms with Gasteiger partial charge in [-0.15, -0.1) is 21.5 Å². The Hall–Kier alpha value is -0.940. The minimum Gasteiger partial charge on any atom is -0.325 e. The third kappa shape index (κ3) is 0.849. The van der Waals surface area contributed by atoms with Gasteiger partial charge >= 0.3 is 0 Å². The number of hydrogen-bond acceptors (Lipinski definition) is 4. The Bertz CT molecular complexity index is 375. The molecule has 58 valence electrons. The Morgan fingerprint density at radius 3 is 3.18 bits per heavy atom. The Labute approximate surface area is 67.7 Å². The molecule has 11 heavy (non-hydrogen) atoms. The van der Waals surface area contributed by atoms with Gasteiger partial charge in [0.1, 0.15) is 5.82 Å². The summed E-state index contributed by atoms with van der Waals surface area (Å²) in [5.74, 6) is 0.904. The van der Waals surface area contributed by atoms with Gasteiger partial charge in [-0.05, 0) is 6.92 Å². The molecule has 0 fully saturated rings. The van der Waals surface area contributed by atoms with Crippen LogP contribution in [0.1, 0.15) is 11.5 Å². The van der Waals surface area contributed by atoms with Gasteiger partial charge in [-0.25, -0.2) is 0 Å². The molecule has 2 N–H and O–H groups in total. The van der Waals surface area contributed by atoms with Crippen molar-refractivity contribution in [3.05, 3.63) is 16.9 Å². The number of rotatable bonds is 1. The zero-order chi connectivity index (χ0) is 7.84. The lowest BCUT2D eigenvalue weighted by molar-refractivity contribution is 0.917. The average molecular weight is 168 g/mol. The highest BCUT2D eigenvalue weighted by Gasteiger charge is 2.05. The summed E-state index contributed by atoms with van der Waals surface area (Å²) in [5.41, 5.74) is 6.60. The molecule has 0 aliphatic rings. The number of aryl methyl sites for hydroxylation is 1. The fraction of sp³-hybridized carbons (Fsp3) is 0.333. The maximum absolute atomic E-state index is 5.52. The fourth-order valence-electron chi connectivity index (χ4n) is 1.06. The van der Waals surface area contributed by atoms with E-state index in [1.165, 1.54) is 0 Å². The lowest BCUT2D eigenvalue weighted by atomic mass is 10.5. The molecule has 0 saturated carbocycles. The van der Waals surface area contributed by atoms with Crippen molar-refractivity contribution in [3.63, 3.8) is 0 Å². The number of aromatic nitrogens is 3. The highest BCUT2D eigenvalue weighted by molar-refractivity contribution is 7.15. The molecule has 0 amide bonds. The van der Waals surface area contributed by atoms with E-state index in [9.17, 15) is 0 Å². The monoisotopic (exact) mass is 168 g/mol. The van der Waals surface area contributed by atoms with E-state index in [0.29, 0.717) is 6.54 Å². The molecule has 0 saturated heterocycles. The molecular weight excluding hydrogens is 160 g/mol. The van der Waals surface area contributed by atoms with Crippen molar-refractivity contribution in [2.45, 2.75) is 13.5 Å². The summed E-state index contributed by atoms with van der Waals surface area (Å²) in [6.45, 7) is 2.46. The predicted octanol–water partition coefficient (Wildman–Crippen LogP) is 0.558. The first-order valence-corrected chi connectivity index (χ1v) is 4.19. The molecule has 2 aromatic heterocycles. The van der Waals surface area contributed by atoms with Crippen molar-refractivity contribution >= 4 is 16.3 Å². The van der Waals surface area contributed by atoms with Crippen LogP contribution in [0.3, 0.4) is 0 Å². The number of hydrogen-bond donors (Lipinski definition) is 1. The van der Waals surface area contributed by atoms with Crippen molar-refractivity contribution in [3.8, 4) is 0 Å². The fourth-order valence-corrected chi connectivity index (χ4v) is 1.95. The number of fused-ring (bicyclic) bond motifs is 1. The Morgan fingerprint density at radius 2 is 2.45 bits per heavy atom. The van der Waals surface area contributed by atoms with Crippen molar-refractivity contribution < 1.29 is 0 Å². The maximum Gasteiger partial charge on any atom is 0.216 e. The molecule has 2 rings (SSSR count). The van der Waals surface area contributed by atoms with Crippen LogP contribution in [-0.4, -0.2) is 14.6 Å². The predicted molar refractivity (Wildman–Crippen MR) is 43.5 cm³/mol. The Morgan fingerprint density at radius 1 is 1.64 bits per heavy atom. The van der Waals surface area contributed by atoms with E-state index in [-0.39, 0.29) is 0 Å². The van der Waals surface area contributed by atoms with Crippen LogP contribution in [0.4, 0.5) is 0 Å². The van der Waals surface area contributed by atoms with Gasteiger partial charge < -0.3 is 5.73 Å². The second-order valence-electron chi connectivity index (χ2n) is 2.30. The van der Waals surface area contributed by atoms with Crippen LogP contribution in [0.25, 0.3) is 4.96 Å². The summed E-state index contributed by atoms with van der Waals surface area (Å²) in [4.78, 5) is 0.919. The van der Waals surface area contributed by atoms with E-state index in [1.54, 1.807) is 11.3 Å². The third-order valence-corrected chi connectivity index (χ3v) is 2.46. The summed E-state index contributed by atoms with van der Waals surface area (Å²) in [7, 11) is 0. The van der Waals surface area contributed by atoms with E-state index >= 15 is 0 Å². The molecule has 0 radical (unpaired) electrons. The first kappa shape index (κ1) is 6.75. The van der Waals surface area contributed by atoms with Gasteiger partial charge in [-0.1, -0.05) is 0 Å². The lowest BCUT2D eigenvalue weighted by Gasteiger charge is -1.92. The third-order valence-electron chi connectivity index (χ3n) is 1.59. The molecule has 0 atom stereocenters. The first-order valence-electron chi connectivity index (χ1n) is 3.31. The topological polar surface area (TPSA) is 56.2 Å². The number of nitrogens with two attached hydrogens (primary N) is 1. The second kappa shape index (κ2) is 2.28. The molecule has 2 aromatic rings. The SMILES string of the molecule is Cc1nnc2scc(CN)n12. The standard InChI is InChI=1S/C6H8N4S/c1-4-8-9-6-10(4)5(2-7)3-11-6/h3H,2,7H2,1H3. The van der Waals surface area contributed by atoms with E-state index in [1.807, 2.05) is 16.7 Å². The van der Waals surface area contributed by atoms with E-state index in [4.69, 9.17) is 5.73 Å². The average Bonchev–Trinajstić information content (AvgIpc) is 2.54. The normalized spacial score (nSPS) is 11.1. The zero-order valence-electron chi connectivity index (χ0n) is 6.11. The van der Waals surface area contributed by atoms with Crippen LogP contribution in [0.2, 0.25) is 0 Å². The van der Waals surface area contributed by atoms with Crippen molar-refractivity contribution in [1.82, 2.24) is 14.6 Å². The zero-order valence-corrected chi connectivity index (χ0v) is 6.93. The van der Waals surface area contributed by atoms with E-state index < -0.39 is 0 Å². The lowest BCUT2D eigenvalue weighted by Crippen LogP contribution is -2.00. The largest absolute Gasteiger partial charge is 0.325 e. The van der Waals surface area contributed by atoms with Crippen LogP contribution in [-0.2, 0) is 6.54 Å². The van der Waals surface area contributed by atoms with Gasteiger partial charge in [0.15, 0.2) is 0 Å². The molecule has 0 aliphatic carbocycles. The van der Waals surface area contributed by atoms with Gasteiger partial charge in [0.2, 0.25) is 4.96 Å². The maximum atomic E-state index is 5.52. The summed E-state index contributed by atoms with van der Waals surface area (Å²) in [6.07, 6.45) is 0. The van der Waals surface area contributed by atoms with Crippen LogP contribution in [0.5, 0.6) is 0 Å². The van der Waals surface area contributed by atoms with E-state index in [0.717, 1.165) is 16.5 Å². The Balaban J connectivity index is 2.80. The highest BCUT2D eigenvalue weighted by atomic mass is 32.1.